The fraction of sp³-hybridized carbons (Fsp3) is 0.533. The molecule has 1 aromatic carbocycles. The molecule has 0 radical (unpaired) electrons. The van der Waals surface area contributed by atoms with Gasteiger partial charge in [0.05, 0.1) is 5.56 Å². The molecule has 104 valence electrons. The second-order valence-electron chi connectivity index (χ2n) is 4.95. The summed E-state index contributed by atoms with van der Waals surface area (Å²) in [5.41, 5.74) is 2.88. The zero-order valence-corrected chi connectivity index (χ0v) is 12.7. The molecule has 1 aliphatic heterocycles. The van der Waals surface area contributed by atoms with Gasteiger partial charge in [-0.15, -0.1) is 0 Å². The van der Waals surface area contributed by atoms with Gasteiger partial charge in [0.25, 0.3) is 5.91 Å². The van der Waals surface area contributed by atoms with Crippen LogP contribution < -0.4 is 5.32 Å². The van der Waals surface area contributed by atoms with Gasteiger partial charge in [0.2, 0.25) is 0 Å². The van der Waals surface area contributed by atoms with E-state index >= 15 is 0 Å². The summed E-state index contributed by atoms with van der Waals surface area (Å²) in [7, 11) is 1.87. The number of hydrogen-bond acceptors (Lipinski definition) is 3. The summed E-state index contributed by atoms with van der Waals surface area (Å²) in [6.07, 6.45) is 1.13. The smallest absolute Gasteiger partial charge is 0.256 e. The van der Waals surface area contributed by atoms with Crippen molar-refractivity contribution in [3.63, 3.8) is 0 Å². The highest BCUT2D eigenvalue weighted by Crippen LogP contribution is 2.25. The summed E-state index contributed by atoms with van der Waals surface area (Å²) in [6, 6.07) is 5.97. The first-order chi connectivity index (χ1) is 9.15. The average Bonchev–Trinajstić information content (AvgIpc) is 2.46. The molecule has 1 aliphatic rings. The van der Waals surface area contributed by atoms with Crippen molar-refractivity contribution in [3.8, 4) is 0 Å². The van der Waals surface area contributed by atoms with E-state index in [1.807, 2.05) is 48.8 Å². The Balaban J connectivity index is 2.19. The molecule has 4 heteroatoms. The first kappa shape index (κ1) is 14.3. The number of rotatable bonds is 3. The molecule has 0 aliphatic carbocycles. The van der Waals surface area contributed by atoms with E-state index in [0.717, 1.165) is 36.5 Å². The lowest BCUT2D eigenvalue weighted by Crippen LogP contribution is -2.41. The molecule has 1 fully saturated rings. The summed E-state index contributed by atoms with van der Waals surface area (Å²) in [5.74, 6) is 1.20. The third kappa shape index (κ3) is 3.24. The zero-order valence-electron chi connectivity index (χ0n) is 11.9. The van der Waals surface area contributed by atoms with Crippen molar-refractivity contribution in [2.75, 3.05) is 31.2 Å². The molecule has 1 N–H and O–H groups in total. The highest BCUT2D eigenvalue weighted by molar-refractivity contribution is 8.00. The van der Waals surface area contributed by atoms with Crippen LogP contribution in [0.25, 0.3) is 0 Å². The van der Waals surface area contributed by atoms with E-state index < -0.39 is 0 Å². The lowest BCUT2D eigenvalue weighted by molar-refractivity contribution is 0.0762. The summed E-state index contributed by atoms with van der Waals surface area (Å²) >= 11 is 1.98. The fourth-order valence-corrected chi connectivity index (χ4v) is 3.55. The van der Waals surface area contributed by atoms with Crippen LogP contribution in [0.5, 0.6) is 0 Å². The highest BCUT2D eigenvalue weighted by atomic mass is 32.2. The Kier molecular flexibility index (Phi) is 4.75. The van der Waals surface area contributed by atoms with E-state index in [1.54, 1.807) is 0 Å². The number of carbonyl (C=O) groups excluding carboxylic acids is 1. The maximum absolute atomic E-state index is 12.6. The van der Waals surface area contributed by atoms with E-state index in [9.17, 15) is 4.79 Å². The third-order valence-electron chi connectivity index (χ3n) is 3.56. The maximum Gasteiger partial charge on any atom is 0.256 e. The van der Waals surface area contributed by atoms with Crippen molar-refractivity contribution in [2.24, 2.45) is 0 Å². The minimum absolute atomic E-state index is 0.156. The molecule has 2 rings (SSSR count). The molecule has 0 aromatic heterocycles. The molecule has 3 nitrogen and oxygen atoms in total. The van der Waals surface area contributed by atoms with Gasteiger partial charge in [0.15, 0.2) is 0 Å². The van der Waals surface area contributed by atoms with Gasteiger partial charge in [-0.2, -0.15) is 11.8 Å². The Labute approximate surface area is 119 Å². The lowest BCUT2D eigenvalue weighted by atomic mass is 10.1. The highest BCUT2D eigenvalue weighted by Gasteiger charge is 2.25. The lowest BCUT2D eigenvalue weighted by Gasteiger charge is -2.32. The van der Waals surface area contributed by atoms with E-state index in [-0.39, 0.29) is 5.91 Å². The molecular weight excluding hydrogens is 256 g/mol. The van der Waals surface area contributed by atoms with E-state index in [4.69, 9.17) is 0 Å². The van der Waals surface area contributed by atoms with Crippen molar-refractivity contribution in [3.05, 3.63) is 29.3 Å². The van der Waals surface area contributed by atoms with Gasteiger partial charge < -0.3 is 10.2 Å². The van der Waals surface area contributed by atoms with Crippen LogP contribution in [0.4, 0.5) is 5.69 Å². The second kappa shape index (κ2) is 6.33. The van der Waals surface area contributed by atoms with Gasteiger partial charge in [-0.3, -0.25) is 4.79 Å². The van der Waals surface area contributed by atoms with Crippen LogP contribution >= 0.6 is 11.8 Å². The normalized spacial score (nSPS) is 19.3. The van der Waals surface area contributed by atoms with Crippen LogP contribution in [0.15, 0.2) is 18.2 Å². The summed E-state index contributed by atoms with van der Waals surface area (Å²) in [6.45, 7) is 5.96. The average molecular weight is 278 g/mol. The third-order valence-corrected chi connectivity index (χ3v) is 4.93. The van der Waals surface area contributed by atoms with Gasteiger partial charge in [-0.1, -0.05) is 13.0 Å². The van der Waals surface area contributed by atoms with Crippen molar-refractivity contribution in [1.82, 2.24) is 4.90 Å². The van der Waals surface area contributed by atoms with Crippen LogP contribution in [0.1, 0.15) is 29.3 Å². The van der Waals surface area contributed by atoms with Gasteiger partial charge in [-0.05, 0) is 31.0 Å². The van der Waals surface area contributed by atoms with Gasteiger partial charge in [0, 0.05) is 36.8 Å². The summed E-state index contributed by atoms with van der Waals surface area (Å²) in [4.78, 5) is 14.6. The molecule has 1 amide bonds. The molecule has 1 aromatic rings. The van der Waals surface area contributed by atoms with E-state index in [1.165, 1.54) is 5.56 Å². The van der Waals surface area contributed by atoms with Crippen LogP contribution in [-0.2, 0) is 0 Å². The predicted molar refractivity (Wildman–Crippen MR) is 83.2 cm³/mol. The Morgan fingerprint density at radius 2 is 2.32 bits per heavy atom. The number of nitrogens with one attached hydrogen (secondary N) is 1. The minimum atomic E-state index is 0.156. The van der Waals surface area contributed by atoms with Crippen LogP contribution in [0, 0.1) is 6.92 Å². The first-order valence-electron chi connectivity index (χ1n) is 6.85. The van der Waals surface area contributed by atoms with Crippen molar-refractivity contribution in [1.29, 1.82) is 0 Å². The Bertz CT molecular complexity index is 461. The van der Waals surface area contributed by atoms with Crippen molar-refractivity contribution in [2.45, 2.75) is 25.5 Å². The Morgan fingerprint density at radius 3 is 3.00 bits per heavy atom. The number of thioether (sulfide) groups is 1. The number of hydrogen-bond donors (Lipinski definition) is 1. The standard InChI is InChI=1S/C15H22N2OS/c1-4-12-10-17(7-8-19-12)15(18)13-6-5-11(2)9-14(13)16-3/h5-6,9,12,16H,4,7-8,10H2,1-3H3. The number of anilines is 1. The Morgan fingerprint density at radius 1 is 1.53 bits per heavy atom. The molecule has 0 saturated carbocycles. The molecule has 0 spiro atoms. The molecular formula is C15H22N2OS. The zero-order chi connectivity index (χ0) is 13.8. The van der Waals surface area contributed by atoms with Gasteiger partial charge in [-0.25, -0.2) is 0 Å². The van der Waals surface area contributed by atoms with Gasteiger partial charge >= 0.3 is 0 Å². The number of benzene rings is 1. The SMILES string of the molecule is CCC1CN(C(=O)c2ccc(C)cc2NC)CCS1. The largest absolute Gasteiger partial charge is 0.387 e. The molecule has 1 saturated heterocycles. The van der Waals surface area contributed by atoms with Crippen LogP contribution in [0.3, 0.4) is 0 Å². The number of carbonyl (C=O) groups is 1. The number of aryl methyl sites for hydroxylation is 1. The fourth-order valence-electron chi connectivity index (χ4n) is 2.37. The predicted octanol–water partition coefficient (Wildman–Crippen LogP) is 3.00. The summed E-state index contributed by atoms with van der Waals surface area (Å²) < 4.78 is 0. The van der Waals surface area contributed by atoms with Crippen LogP contribution in [0.2, 0.25) is 0 Å². The molecule has 1 atom stereocenters. The molecule has 0 bridgehead atoms. The summed E-state index contributed by atoms with van der Waals surface area (Å²) in [5, 5.41) is 3.71. The maximum atomic E-state index is 12.6. The van der Waals surface area contributed by atoms with E-state index in [2.05, 4.69) is 12.2 Å². The van der Waals surface area contributed by atoms with Crippen molar-refractivity contribution >= 4 is 23.4 Å². The van der Waals surface area contributed by atoms with Gasteiger partial charge in [0.1, 0.15) is 0 Å². The van der Waals surface area contributed by atoms with Crippen LogP contribution in [-0.4, -0.2) is 41.9 Å². The molecule has 1 unspecified atom stereocenters. The van der Waals surface area contributed by atoms with E-state index in [0.29, 0.717) is 5.25 Å². The quantitative estimate of drug-likeness (QED) is 0.922. The minimum Gasteiger partial charge on any atom is -0.387 e. The first-order valence-corrected chi connectivity index (χ1v) is 7.89. The number of amides is 1. The molecule has 1 heterocycles. The second-order valence-corrected chi connectivity index (χ2v) is 6.36. The Hall–Kier alpha value is -1.16. The number of nitrogens with zero attached hydrogens (tertiary/aromatic N) is 1. The van der Waals surface area contributed by atoms with Crippen molar-refractivity contribution < 1.29 is 4.79 Å². The monoisotopic (exact) mass is 278 g/mol. The topological polar surface area (TPSA) is 32.3 Å². The molecule has 19 heavy (non-hydrogen) atoms.